The maximum atomic E-state index is 2.23. The third kappa shape index (κ3) is 1.67. The van der Waals surface area contributed by atoms with Gasteiger partial charge in [0.1, 0.15) is 0 Å². The standard InChI is InChI=1S/C19H14S/c1-13-7-5-11-16-18(13)19-15(10-6-12-17(19)20-16)14-8-3-2-4-9-14/h2-12H,1H3. The first-order valence-corrected chi connectivity index (χ1v) is 7.62. The van der Waals surface area contributed by atoms with Crippen LogP contribution < -0.4 is 0 Å². The first-order chi connectivity index (χ1) is 9.84. The van der Waals surface area contributed by atoms with Gasteiger partial charge in [-0.05, 0) is 35.7 Å². The number of aryl methyl sites for hydroxylation is 1. The van der Waals surface area contributed by atoms with Crippen LogP contribution in [0.3, 0.4) is 0 Å². The minimum absolute atomic E-state index is 1.29. The first-order valence-electron chi connectivity index (χ1n) is 6.81. The predicted octanol–water partition coefficient (Wildman–Crippen LogP) is 6.03. The Morgan fingerprint density at radius 1 is 0.650 bits per heavy atom. The van der Waals surface area contributed by atoms with E-state index in [0.717, 1.165) is 0 Å². The van der Waals surface area contributed by atoms with Crippen molar-refractivity contribution in [3.8, 4) is 11.1 Å². The quantitative estimate of drug-likeness (QED) is 0.397. The van der Waals surface area contributed by atoms with Gasteiger partial charge in [0.05, 0.1) is 0 Å². The molecular formula is C19H14S. The average molecular weight is 274 g/mol. The summed E-state index contributed by atoms with van der Waals surface area (Å²) in [5, 5.41) is 2.81. The van der Waals surface area contributed by atoms with Gasteiger partial charge in [-0.25, -0.2) is 0 Å². The molecule has 0 fully saturated rings. The molecular weight excluding hydrogens is 260 g/mol. The second-order valence-corrected chi connectivity index (χ2v) is 6.18. The second kappa shape index (κ2) is 4.46. The molecule has 0 nitrogen and oxygen atoms in total. The van der Waals surface area contributed by atoms with E-state index < -0.39 is 0 Å². The van der Waals surface area contributed by atoms with Crippen LogP contribution in [0.1, 0.15) is 5.56 Å². The normalized spacial score (nSPS) is 11.2. The SMILES string of the molecule is Cc1cccc2sc3cccc(-c4ccccc4)c3c12. The molecule has 0 atom stereocenters. The van der Waals surface area contributed by atoms with Crippen LogP contribution in [0.4, 0.5) is 0 Å². The molecule has 0 amide bonds. The Morgan fingerprint density at radius 2 is 1.35 bits per heavy atom. The fourth-order valence-corrected chi connectivity index (χ4v) is 4.11. The number of thiophene rings is 1. The summed E-state index contributed by atoms with van der Waals surface area (Å²) in [7, 11) is 0. The highest BCUT2D eigenvalue weighted by atomic mass is 32.1. The van der Waals surface area contributed by atoms with Crippen LogP contribution in [-0.4, -0.2) is 0 Å². The molecule has 1 heterocycles. The highest BCUT2D eigenvalue weighted by Crippen LogP contribution is 2.41. The highest BCUT2D eigenvalue weighted by molar-refractivity contribution is 7.26. The first kappa shape index (κ1) is 11.7. The van der Waals surface area contributed by atoms with E-state index in [1.807, 2.05) is 11.3 Å². The van der Waals surface area contributed by atoms with E-state index in [1.54, 1.807) is 0 Å². The third-order valence-electron chi connectivity index (χ3n) is 3.82. The smallest absolute Gasteiger partial charge is 0.0361 e. The Kier molecular flexibility index (Phi) is 2.61. The molecule has 0 bridgehead atoms. The average Bonchev–Trinajstić information content (AvgIpc) is 2.88. The monoisotopic (exact) mass is 274 g/mol. The fourth-order valence-electron chi connectivity index (χ4n) is 2.90. The molecule has 20 heavy (non-hydrogen) atoms. The number of benzene rings is 3. The van der Waals surface area contributed by atoms with Gasteiger partial charge in [0.25, 0.3) is 0 Å². The van der Waals surface area contributed by atoms with E-state index in [-0.39, 0.29) is 0 Å². The molecule has 4 aromatic rings. The Balaban J connectivity index is 2.20. The summed E-state index contributed by atoms with van der Waals surface area (Å²) in [6, 6.07) is 23.9. The van der Waals surface area contributed by atoms with E-state index in [0.29, 0.717) is 0 Å². The minimum Gasteiger partial charge on any atom is -0.135 e. The van der Waals surface area contributed by atoms with Crippen molar-refractivity contribution in [3.63, 3.8) is 0 Å². The molecule has 4 rings (SSSR count). The zero-order valence-electron chi connectivity index (χ0n) is 11.3. The van der Waals surface area contributed by atoms with Gasteiger partial charge in [0, 0.05) is 20.2 Å². The van der Waals surface area contributed by atoms with Gasteiger partial charge in [-0.3, -0.25) is 0 Å². The van der Waals surface area contributed by atoms with E-state index >= 15 is 0 Å². The summed E-state index contributed by atoms with van der Waals surface area (Å²) in [4.78, 5) is 0. The lowest BCUT2D eigenvalue weighted by atomic mass is 9.98. The van der Waals surface area contributed by atoms with Crippen molar-refractivity contribution in [1.29, 1.82) is 0 Å². The predicted molar refractivity (Wildman–Crippen MR) is 89.5 cm³/mol. The Bertz CT molecular complexity index is 901. The van der Waals surface area contributed by atoms with Crippen LogP contribution in [0.25, 0.3) is 31.3 Å². The minimum atomic E-state index is 1.29. The molecule has 1 aromatic heterocycles. The maximum absolute atomic E-state index is 2.23. The van der Waals surface area contributed by atoms with Gasteiger partial charge in [0.2, 0.25) is 0 Å². The third-order valence-corrected chi connectivity index (χ3v) is 4.94. The fraction of sp³-hybridized carbons (Fsp3) is 0.0526. The van der Waals surface area contributed by atoms with Gasteiger partial charge in [-0.1, -0.05) is 54.6 Å². The molecule has 0 N–H and O–H groups in total. The van der Waals surface area contributed by atoms with Crippen molar-refractivity contribution in [2.45, 2.75) is 6.92 Å². The lowest BCUT2D eigenvalue weighted by molar-refractivity contribution is 1.55. The number of hydrogen-bond donors (Lipinski definition) is 0. The zero-order chi connectivity index (χ0) is 13.5. The summed E-state index contributed by atoms with van der Waals surface area (Å²) in [6.45, 7) is 2.20. The largest absolute Gasteiger partial charge is 0.135 e. The van der Waals surface area contributed by atoms with Gasteiger partial charge < -0.3 is 0 Å². The van der Waals surface area contributed by atoms with E-state index in [2.05, 4.69) is 73.7 Å². The van der Waals surface area contributed by atoms with E-state index in [1.165, 1.54) is 36.9 Å². The Hall–Kier alpha value is -2.12. The molecule has 0 aliphatic carbocycles. The lowest BCUT2D eigenvalue weighted by Crippen LogP contribution is -1.80. The molecule has 0 spiro atoms. The van der Waals surface area contributed by atoms with Gasteiger partial charge in [-0.15, -0.1) is 11.3 Å². The lowest BCUT2D eigenvalue weighted by Gasteiger charge is -2.05. The molecule has 0 saturated carbocycles. The molecule has 96 valence electrons. The summed E-state index contributed by atoms with van der Waals surface area (Å²) >= 11 is 1.88. The summed E-state index contributed by atoms with van der Waals surface area (Å²) in [5.41, 5.74) is 3.99. The second-order valence-electron chi connectivity index (χ2n) is 5.09. The van der Waals surface area contributed by atoms with Crippen molar-refractivity contribution in [2.75, 3.05) is 0 Å². The molecule has 0 aliphatic heterocycles. The Morgan fingerprint density at radius 3 is 2.15 bits per heavy atom. The van der Waals surface area contributed by atoms with Gasteiger partial charge in [-0.2, -0.15) is 0 Å². The van der Waals surface area contributed by atoms with Crippen molar-refractivity contribution in [1.82, 2.24) is 0 Å². The molecule has 0 unspecified atom stereocenters. The van der Waals surface area contributed by atoms with Crippen LogP contribution in [0.2, 0.25) is 0 Å². The van der Waals surface area contributed by atoms with Crippen molar-refractivity contribution < 1.29 is 0 Å². The molecule has 1 heteroatoms. The summed E-state index contributed by atoms with van der Waals surface area (Å²) in [5.74, 6) is 0. The molecule has 0 saturated heterocycles. The van der Waals surface area contributed by atoms with Crippen molar-refractivity contribution in [2.24, 2.45) is 0 Å². The van der Waals surface area contributed by atoms with Crippen LogP contribution in [0.5, 0.6) is 0 Å². The topological polar surface area (TPSA) is 0 Å². The molecule has 3 aromatic carbocycles. The maximum Gasteiger partial charge on any atom is 0.0361 e. The number of hydrogen-bond acceptors (Lipinski definition) is 1. The number of rotatable bonds is 1. The molecule has 0 aliphatic rings. The van der Waals surface area contributed by atoms with Crippen LogP contribution >= 0.6 is 11.3 Å². The van der Waals surface area contributed by atoms with Gasteiger partial charge >= 0.3 is 0 Å². The Labute approximate surface area is 122 Å². The van der Waals surface area contributed by atoms with Crippen LogP contribution in [0.15, 0.2) is 66.7 Å². The van der Waals surface area contributed by atoms with Crippen LogP contribution in [0, 0.1) is 6.92 Å². The van der Waals surface area contributed by atoms with Crippen molar-refractivity contribution >= 4 is 31.5 Å². The van der Waals surface area contributed by atoms with Crippen molar-refractivity contribution in [3.05, 3.63) is 72.3 Å². The zero-order valence-corrected chi connectivity index (χ0v) is 12.1. The number of fused-ring (bicyclic) bond motifs is 3. The van der Waals surface area contributed by atoms with Crippen LogP contribution in [-0.2, 0) is 0 Å². The summed E-state index contributed by atoms with van der Waals surface area (Å²) < 4.78 is 2.75. The summed E-state index contributed by atoms with van der Waals surface area (Å²) in [6.07, 6.45) is 0. The highest BCUT2D eigenvalue weighted by Gasteiger charge is 2.11. The molecule has 0 radical (unpaired) electrons. The van der Waals surface area contributed by atoms with E-state index in [4.69, 9.17) is 0 Å². The van der Waals surface area contributed by atoms with E-state index in [9.17, 15) is 0 Å². The van der Waals surface area contributed by atoms with Gasteiger partial charge in [0.15, 0.2) is 0 Å².